The number of anilines is 9. The summed E-state index contributed by atoms with van der Waals surface area (Å²) in [6, 6.07) is 79.7. The Balaban J connectivity index is 1.18. The van der Waals surface area contributed by atoms with Crippen LogP contribution in [-0.4, -0.2) is 11.3 Å². The number of nitrogens with zero attached hydrogens (tertiary/aromatic N) is 4. The minimum atomic E-state index is 0.0106. The molecule has 0 N–H and O–H groups in total. The first-order valence-corrected chi connectivity index (χ1v) is 20.7. The van der Waals surface area contributed by atoms with Gasteiger partial charge in [0.25, 0.3) is 6.71 Å². The molecule has 60 heavy (non-hydrogen) atoms. The predicted molar refractivity (Wildman–Crippen MR) is 254 cm³/mol. The smallest absolute Gasteiger partial charge is 0.252 e. The van der Waals surface area contributed by atoms with E-state index in [9.17, 15) is 0 Å². The van der Waals surface area contributed by atoms with Crippen molar-refractivity contribution in [2.45, 2.75) is 6.92 Å². The van der Waals surface area contributed by atoms with E-state index in [1.54, 1.807) is 0 Å². The molecule has 5 heteroatoms. The molecular weight excluding hydrogens is 727 g/mol. The van der Waals surface area contributed by atoms with Crippen LogP contribution in [0, 0.1) is 6.92 Å². The minimum Gasteiger partial charge on any atom is -0.311 e. The molecule has 0 saturated heterocycles. The molecule has 282 valence electrons. The number of benzene rings is 9. The number of fused-ring (bicyclic) bond motifs is 7. The molecule has 12 rings (SSSR count). The van der Waals surface area contributed by atoms with Gasteiger partial charge in [-0.1, -0.05) is 121 Å². The number of hydrogen-bond acceptors (Lipinski definition) is 3. The second-order valence-electron chi connectivity index (χ2n) is 15.8. The summed E-state index contributed by atoms with van der Waals surface area (Å²) in [5.74, 6) is 0. The van der Waals surface area contributed by atoms with Crippen molar-refractivity contribution in [3.63, 3.8) is 0 Å². The summed E-state index contributed by atoms with van der Waals surface area (Å²) in [5.41, 5.74) is 19.1. The molecule has 0 aliphatic carbocycles. The number of aromatic nitrogens is 1. The Bertz CT molecular complexity index is 3200. The van der Waals surface area contributed by atoms with Crippen molar-refractivity contribution in [1.82, 2.24) is 4.57 Å². The normalized spacial score (nSPS) is 12.7. The van der Waals surface area contributed by atoms with Crippen LogP contribution in [0.2, 0.25) is 0 Å². The second kappa shape index (κ2) is 13.7. The van der Waals surface area contributed by atoms with Crippen molar-refractivity contribution >= 4 is 96.1 Å². The Labute approximate surface area is 350 Å². The van der Waals surface area contributed by atoms with Gasteiger partial charge in [0.05, 0.1) is 11.0 Å². The van der Waals surface area contributed by atoms with Crippen LogP contribution < -0.4 is 31.1 Å². The number of hydrogen-bond donors (Lipinski definition) is 0. The summed E-state index contributed by atoms with van der Waals surface area (Å²) in [6.07, 6.45) is 0. The Hall–Kier alpha value is -7.76. The van der Waals surface area contributed by atoms with Gasteiger partial charge in [-0.25, -0.2) is 0 Å². The first-order chi connectivity index (χ1) is 29.7. The highest BCUT2D eigenvalue weighted by Gasteiger charge is 2.43. The summed E-state index contributed by atoms with van der Waals surface area (Å²) in [6.45, 7) is 2.24. The van der Waals surface area contributed by atoms with Gasteiger partial charge >= 0.3 is 0 Å². The molecule has 0 bridgehead atoms. The van der Waals surface area contributed by atoms with Crippen LogP contribution in [0.4, 0.5) is 51.2 Å². The van der Waals surface area contributed by atoms with Crippen molar-refractivity contribution in [3.05, 3.63) is 224 Å². The second-order valence-corrected chi connectivity index (χ2v) is 15.8. The van der Waals surface area contributed by atoms with Crippen LogP contribution in [0.1, 0.15) is 5.56 Å². The third kappa shape index (κ3) is 5.19. The Morgan fingerprint density at radius 2 is 0.917 bits per heavy atom. The van der Waals surface area contributed by atoms with E-state index in [1.807, 2.05) is 0 Å². The lowest BCUT2D eigenvalue weighted by Crippen LogP contribution is -2.61. The Morgan fingerprint density at radius 1 is 0.367 bits per heavy atom. The fourth-order valence-corrected chi connectivity index (χ4v) is 9.91. The van der Waals surface area contributed by atoms with Gasteiger partial charge < -0.3 is 19.3 Å². The average molecular weight is 767 g/mol. The molecule has 9 aromatic carbocycles. The van der Waals surface area contributed by atoms with Crippen molar-refractivity contribution in [1.29, 1.82) is 0 Å². The van der Waals surface area contributed by atoms with Crippen LogP contribution in [0.15, 0.2) is 218 Å². The minimum absolute atomic E-state index is 0.0106. The maximum absolute atomic E-state index is 2.53. The van der Waals surface area contributed by atoms with Gasteiger partial charge in [0.2, 0.25) is 0 Å². The highest BCUT2D eigenvalue weighted by Crippen LogP contribution is 2.47. The first kappa shape index (κ1) is 34.3. The molecule has 10 aromatic rings. The summed E-state index contributed by atoms with van der Waals surface area (Å²) < 4.78 is 2.48. The zero-order valence-electron chi connectivity index (χ0n) is 33.2. The lowest BCUT2D eigenvalue weighted by Gasteiger charge is -2.44. The fraction of sp³-hybridized carbons (Fsp3) is 0.0182. The van der Waals surface area contributed by atoms with Gasteiger partial charge in [0.1, 0.15) is 0 Å². The van der Waals surface area contributed by atoms with Crippen LogP contribution in [0.25, 0.3) is 27.5 Å². The fourth-order valence-electron chi connectivity index (χ4n) is 9.91. The molecule has 2 aliphatic rings. The summed E-state index contributed by atoms with van der Waals surface area (Å²) in [5, 5.41) is 2.43. The Morgan fingerprint density at radius 3 is 1.60 bits per heavy atom. The van der Waals surface area contributed by atoms with E-state index in [-0.39, 0.29) is 6.71 Å². The lowest BCUT2D eigenvalue weighted by molar-refractivity contribution is 1.18. The predicted octanol–water partition coefficient (Wildman–Crippen LogP) is 12.6. The third-order valence-electron chi connectivity index (χ3n) is 12.4. The quantitative estimate of drug-likeness (QED) is 0.157. The topological polar surface area (TPSA) is 14.7 Å². The van der Waals surface area contributed by atoms with E-state index >= 15 is 0 Å². The van der Waals surface area contributed by atoms with Crippen molar-refractivity contribution < 1.29 is 0 Å². The summed E-state index contributed by atoms with van der Waals surface area (Å²) in [7, 11) is 0. The monoisotopic (exact) mass is 766 g/mol. The highest BCUT2D eigenvalue weighted by atomic mass is 15.2. The third-order valence-corrected chi connectivity index (χ3v) is 12.4. The lowest BCUT2D eigenvalue weighted by atomic mass is 9.33. The first-order valence-electron chi connectivity index (χ1n) is 20.7. The van der Waals surface area contributed by atoms with Crippen LogP contribution in [-0.2, 0) is 0 Å². The zero-order valence-corrected chi connectivity index (χ0v) is 33.2. The Kier molecular flexibility index (Phi) is 7.82. The van der Waals surface area contributed by atoms with E-state index in [2.05, 4.69) is 245 Å². The van der Waals surface area contributed by atoms with Crippen LogP contribution >= 0.6 is 0 Å². The molecule has 0 radical (unpaired) electrons. The molecule has 0 unspecified atom stereocenters. The number of aryl methyl sites for hydroxylation is 1. The summed E-state index contributed by atoms with van der Waals surface area (Å²) in [4.78, 5) is 7.34. The van der Waals surface area contributed by atoms with Gasteiger partial charge in [-0.2, -0.15) is 0 Å². The van der Waals surface area contributed by atoms with Crippen molar-refractivity contribution in [3.8, 4) is 5.69 Å². The van der Waals surface area contributed by atoms with E-state index in [4.69, 9.17) is 0 Å². The van der Waals surface area contributed by atoms with Gasteiger partial charge in [0.15, 0.2) is 0 Å². The molecule has 0 spiro atoms. The SMILES string of the molecule is Cc1ccccc1N1c2cc3c4ccc(N(c5ccccc5)c5ccccc5)cc4n(-c4ccccc4)c3cc2B2c3ccccc3N(c3ccccc3)c3cccc1c32. The highest BCUT2D eigenvalue weighted by molar-refractivity contribution is 7.00. The standard InChI is InChI=1S/C55H39BN4/c1-38-19-14-16-29-48(38)60-51-32-18-31-50-55(51)56(46-28-15-17-30-49(46)58(50)41-24-10-4-11-25-41)47-37-53-45(36-54(47)60)44-34-33-43(35-52(44)59(53)42-26-12-5-13-27-42)57(39-20-6-2-7-21-39)40-22-8-3-9-23-40/h2-37H,1H3. The largest absolute Gasteiger partial charge is 0.311 e. The molecular formula is C55H39BN4. The summed E-state index contributed by atoms with van der Waals surface area (Å²) >= 11 is 0. The van der Waals surface area contributed by atoms with E-state index in [1.165, 1.54) is 66.7 Å². The van der Waals surface area contributed by atoms with Crippen molar-refractivity contribution in [2.24, 2.45) is 0 Å². The molecule has 0 amide bonds. The maximum atomic E-state index is 2.53. The van der Waals surface area contributed by atoms with Gasteiger partial charge in [-0.05, 0) is 126 Å². The van der Waals surface area contributed by atoms with Crippen LogP contribution in [0.5, 0.6) is 0 Å². The van der Waals surface area contributed by atoms with Crippen molar-refractivity contribution in [2.75, 3.05) is 14.7 Å². The van der Waals surface area contributed by atoms with Gasteiger partial charge in [-0.3, -0.25) is 0 Å². The number of rotatable bonds is 6. The molecule has 0 atom stereocenters. The number of para-hydroxylation sites is 6. The molecule has 3 heterocycles. The maximum Gasteiger partial charge on any atom is 0.252 e. The molecule has 4 nitrogen and oxygen atoms in total. The van der Waals surface area contributed by atoms with Crippen LogP contribution in [0.3, 0.4) is 0 Å². The van der Waals surface area contributed by atoms with E-state index in [0.29, 0.717) is 0 Å². The molecule has 0 fully saturated rings. The van der Waals surface area contributed by atoms with Gasteiger partial charge in [0, 0.05) is 67.6 Å². The van der Waals surface area contributed by atoms with Gasteiger partial charge in [-0.15, -0.1) is 0 Å². The molecule has 1 aromatic heterocycles. The average Bonchev–Trinajstić information content (AvgIpc) is 3.62. The molecule has 2 aliphatic heterocycles. The van der Waals surface area contributed by atoms with E-state index in [0.717, 1.165) is 34.0 Å². The zero-order chi connectivity index (χ0) is 39.7. The van der Waals surface area contributed by atoms with E-state index < -0.39 is 0 Å². The molecule has 0 saturated carbocycles.